The Hall–Kier alpha value is -2.19. The van der Waals surface area contributed by atoms with Crippen LogP contribution in [0.25, 0.3) is 5.57 Å². The summed E-state index contributed by atoms with van der Waals surface area (Å²) < 4.78 is 0.519. The fraction of sp³-hybridized carbons (Fsp3) is 0.478. The van der Waals surface area contributed by atoms with Gasteiger partial charge in [-0.25, -0.2) is 0 Å². The molecule has 2 amide bonds. The SMILES string of the molecule is CN1C(=O)C(=C2SC(=S)N(CCCCCCCCCCC(=O)O)C2=O)c2ccccc21. The molecule has 31 heavy (non-hydrogen) atoms. The topological polar surface area (TPSA) is 77.9 Å². The van der Waals surface area contributed by atoms with E-state index in [1.54, 1.807) is 16.8 Å². The summed E-state index contributed by atoms with van der Waals surface area (Å²) in [5, 5.41) is 8.63. The predicted octanol–water partition coefficient (Wildman–Crippen LogP) is 4.83. The van der Waals surface area contributed by atoms with E-state index in [0.717, 1.165) is 62.6 Å². The third kappa shape index (κ3) is 5.54. The van der Waals surface area contributed by atoms with E-state index in [2.05, 4.69) is 0 Å². The molecule has 8 heteroatoms. The Bertz CT molecular complexity index is 913. The molecule has 1 aromatic carbocycles. The smallest absolute Gasteiger partial charge is 0.303 e. The number of hydrogen-bond acceptors (Lipinski definition) is 5. The van der Waals surface area contributed by atoms with Crippen LogP contribution in [-0.2, 0) is 14.4 Å². The highest BCUT2D eigenvalue weighted by Crippen LogP contribution is 2.43. The van der Waals surface area contributed by atoms with Gasteiger partial charge in [-0.15, -0.1) is 0 Å². The highest BCUT2D eigenvalue weighted by molar-refractivity contribution is 8.26. The van der Waals surface area contributed by atoms with Crippen molar-refractivity contribution in [1.29, 1.82) is 0 Å². The molecule has 1 aromatic rings. The highest BCUT2D eigenvalue weighted by Gasteiger charge is 2.40. The number of aliphatic carboxylic acids is 1. The second-order valence-corrected chi connectivity index (χ2v) is 9.53. The minimum absolute atomic E-state index is 0.162. The summed E-state index contributed by atoms with van der Waals surface area (Å²) in [6.45, 7) is 0.575. The van der Waals surface area contributed by atoms with Gasteiger partial charge in [0.05, 0.1) is 16.2 Å². The number of fused-ring (bicyclic) bond motifs is 1. The fourth-order valence-electron chi connectivity index (χ4n) is 3.94. The predicted molar refractivity (Wildman–Crippen MR) is 128 cm³/mol. The maximum absolute atomic E-state index is 13.0. The maximum atomic E-state index is 13.0. The number of carboxylic acid groups (broad SMARTS) is 1. The number of amides is 2. The van der Waals surface area contributed by atoms with Crippen LogP contribution in [0.15, 0.2) is 29.2 Å². The summed E-state index contributed by atoms with van der Waals surface area (Å²) in [4.78, 5) is 39.9. The van der Waals surface area contributed by atoms with Crippen molar-refractivity contribution in [3.8, 4) is 0 Å². The largest absolute Gasteiger partial charge is 0.481 e. The van der Waals surface area contributed by atoms with Gasteiger partial charge in [-0.3, -0.25) is 19.3 Å². The number of rotatable bonds is 11. The summed E-state index contributed by atoms with van der Waals surface area (Å²) in [5.41, 5.74) is 2.07. The van der Waals surface area contributed by atoms with Crippen molar-refractivity contribution in [2.45, 2.75) is 57.8 Å². The number of unbranched alkanes of at least 4 members (excludes halogenated alkanes) is 7. The molecule has 0 unspecified atom stereocenters. The average molecular weight is 461 g/mol. The Morgan fingerprint density at radius 2 is 1.58 bits per heavy atom. The third-order valence-electron chi connectivity index (χ3n) is 5.65. The lowest BCUT2D eigenvalue weighted by molar-refractivity contribution is -0.137. The van der Waals surface area contributed by atoms with E-state index < -0.39 is 5.97 Å². The third-order valence-corrected chi connectivity index (χ3v) is 7.10. The Balaban J connectivity index is 1.47. The normalized spacial score (nSPS) is 18.3. The number of carboxylic acids is 1. The highest BCUT2D eigenvalue weighted by atomic mass is 32.2. The van der Waals surface area contributed by atoms with Crippen molar-refractivity contribution in [2.75, 3.05) is 18.5 Å². The van der Waals surface area contributed by atoms with Gasteiger partial charge in [0.1, 0.15) is 4.32 Å². The number of nitrogens with zero attached hydrogens (tertiary/aromatic N) is 2. The molecule has 6 nitrogen and oxygen atoms in total. The monoisotopic (exact) mass is 460 g/mol. The summed E-state index contributed by atoms with van der Waals surface area (Å²) in [7, 11) is 1.72. The van der Waals surface area contributed by atoms with Crippen LogP contribution in [0.4, 0.5) is 5.69 Å². The second-order valence-electron chi connectivity index (χ2n) is 7.88. The first-order valence-corrected chi connectivity index (χ1v) is 12.0. The van der Waals surface area contributed by atoms with Gasteiger partial charge < -0.3 is 10.0 Å². The number of hydrogen-bond donors (Lipinski definition) is 1. The van der Waals surface area contributed by atoms with E-state index in [9.17, 15) is 14.4 Å². The molecule has 166 valence electrons. The van der Waals surface area contributed by atoms with Crippen LogP contribution in [0.3, 0.4) is 0 Å². The number of carbonyl (C=O) groups excluding carboxylic acids is 2. The van der Waals surface area contributed by atoms with Crippen LogP contribution < -0.4 is 4.90 Å². The lowest BCUT2D eigenvalue weighted by Crippen LogP contribution is -2.29. The van der Waals surface area contributed by atoms with Crippen LogP contribution in [-0.4, -0.2) is 45.7 Å². The molecule has 1 saturated heterocycles. The van der Waals surface area contributed by atoms with Gasteiger partial charge >= 0.3 is 5.97 Å². The van der Waals surface area contributed by atoms with Crippen molar-refractivity contribution >= 4 is 57.3 Å². The van der Waals surface area contributed by atoms with Crippen molar-refractivity contribution in [1.82, 2.24) is 4.90 Å². The van der Waals surface area contributed by atoms with E-state index in [-0.39, 0.29) is 18.2 Å². The van der Waals surface area contributed by atoms with Gasteiger partial charge in [0.2, 0.25) is 0 Å². The van der Waals surface area contributed by atoms with E-state index in [0.29, 0.717) is 21.3 Å². The molecule has 2 heterocycles. The number of benzene rings is 1. The summed E-state index contributed by atoms with van der Waals surface area (Å²) >= 11 is 6.67. The molecule has 2 aliphatic rings. The van der Waals surface area contributed by atoms with Gasteiger partial charge in [-0.2, -0.15) is 0 Å². The summed E-state index contributed by atoms with van der Waals surface area (Å²) in [6.07, 6.45) is 8.26. The minimum atomic E-state index is -0.722. The number of thioether (sulfide) groups is 1. The zero-order valence-corrected chi connectivity index (χ0v) is 19.4. The van der Waals surface area contributed by atoms with Crippen LogP contribution in [0.2, 0.25) is 0 Å². The lowest BCUT2D eigenvalue weighted by atomic mass is 10.1. The molecule has 0 saturated carbocycles. The first kappa shape index (κ1) is 23.5. The average Bonchev–Trinajstić information content (AvgIpc) is 3.16. The number of anilines is 1. The zero-order valence-electron chi connectivity index (χ0n) is 17.8. The molecule has 0 aliphatic carbocycles. The van der Waals surface area contributed by atoms with Crippen molar-refractivity contribution < 1.29 is 19.5 Å². The van der Waals surface area contributed by atoms with Crippen molar-refractivity contribution in [2.24, 2.45) is 0 Å². The lowest BCUT2D eigenvalue weighted by Gasteiger charge is -2.14. The first-order valence-electron chi connectivity index (χ1n) is 10.8. The molecule has 3 rings (SSSR count). The van der Waals surface area contributed by atoms with Crippen LogP contribution in [0.1, 0.15) is 63.4 Å². The van der Waals surface area contributed by atoms with Gasteiger partial charge in [0, 0.05) is 25.6 Å². The maximum Gasteiger partial charge on any atom is 0.303 e. The molecule has 0 radical (unpaired) electrons. The summed E-state index contributed by atoms with van der Waals surface area (Å²) in [5.74, 6) is -1.05. The number of likely N-dealkylation sites (N-methyl/N-ethyl adjacent to an activating group) is 1. The Morgan fingerprint density at radius 3 is 2.26 bits per heavy atom. The molecule has 0 aromatic heterocycles. The molecule has 0 spiro atoms. The van der Waals surface area contributed by atoms with Crippen LogP contribution in [0, 0.1) is 0 Å². The Labute approximate surface area is 192 Å². The number of para-hydroxylation sites is 1. The van der Waals surface area contributed by atoms with E-state index in [4.69, 9.17) is 17.3 Å². The van der Waals surface area contributed by atoms with Crippen molar-refractivity contribution in [3.05, 3.63) is 34.7 Å². The number of thiocarbonyl (C=S) groups is 1. The van der Waals surface area contributed by atoms with Crippen LogP contribution >= 0.6 is 24.0 Å². The van der Waals surface area contributed by atoms with E-state index in [1.165, 1.54) is 11.8 Å². The van der Waals surface area contributed by atoms with Gasteiger partial charge in [-0.05, 0) is 18.9 Å². The standard InChI is InChI=1S/C23H28N2O4S2/c1-24-17-13-10-9-12-16(17)19(21(24)28)20-22(29)25(23(30)31-20)15-11-7-5-3-2-4-6-8-14-18(26)27/h9-10,12-13H,2-8,11,14-15H2,1H3,(H,26,27). The van der Waals surface area contributed by atoms with Gasteiger partial charge in [-0.1, -0.05) is 80.7 Å². The second kappa shape index (κ2) is 10.9. The van der Waals surface area contributed by atoms with Gasteiger partial charge in [0.15, 0.2) is 0 Å². The Morgan fingerprint density at radius 1 is 0.968 bits per heavy atom. The summed E-state index contributed by atoms with van der Waals surface area (Å²) in [6, 6.07) is 7.51. The fourth-order valence-corrected chi connectivity index (χ4v) is 5.32. The van der Waals surface area contributed by atoms with Crippen molar-refractivity contribution in [3.63, 3.8) is 0 Å². The quantitative estimate of drug-likeness (QED) is 0.290. The molecule has 1 fully saturated rings. The molecule has 0 bridgehead atoms. The zero-order chi connectivity index (χ0) is 22.4. The minimum Gasteiger partial charge on any atom is -0.481 e. The van der Waals surface area contributed by atoms with Gasteiger partial charge in [0.25, 0.3) is 11.8 Å². The van der Waals surface area contributed by atoms with E-state index in [1.807, 2.05) is 24.3 Å². The molecular weight excluding hydrogens is 432 g/mol. The van der Waals surface area contributed by atoms with Crippen LogP contribution in [0.5, 0.6) is 0 Å². The molecule has 2 aliphatic heterocycles. The van der Waals surface area contributed by atoms with E-state index >= 15 is 0 Å². The first-order chi connectivity index (χ1) is 14.9. The Kier molecular flexibility index (Phi) is 8.26. The molecule has 1 N–H and O–H groups in total. The molecule has 0 atom stereocenters. The molecular formula is C23H28N2O4S2. The number of carbonyl (C=O) groups is 3.